The Morgan fingerprint density at radius 3 is 2.54 bits per heavy atom. The molecule has 3 aromatic rings. The van der Waals surface area contributed by atoms with Crippen molar-refractivity contribution in [3.63, 3.8) is 0 Å². The van der Waals surface area contributed by atoms with Gasteiger partial charge in [-0.25, -0.2) is 0 Å². The maximum Gasteiger partial charge on any atom is 0.0991 e. The lowest BCUT2D eigenvalue weighted by Crippen LogP contribution is -2.00. The smallest absolute Gasteiger partial charge is 0.0991 e. The normalized spacial score (nSPS) is 10.2. The van der Waals surface area contributed by atoms with Crippen molar-refractivity contribution >= 4 is 16.6 Å². The van der Waals surface area contributed by atoms with Crippen molar-refractivity contribution in [3.8, 4) is 17.9 Å². The molecule has 0 spiro atoms. The number of benzene rings is 2. The van der Waals surface area contributed by atoms with Crippen LogP contribution in [0.5, 0.6) is 0 Å². The molecule has 3 nitrogen and oxygen atoms in total. The van der Waals surface area contributed by atoms with Crippen LogP contribution in [0, 0.1) is 23.2 Å². The summed E-state index contributed by atoms with van der Waals surface area (Å²) in [6.07, 6.45) is 2.27. The van der Waals surface area contributed by atoms with Crippen LogP contribution < -0.4 is 5.32 Å². The van der Waals surface area contributed by atoms with Crippen LogP contribution in [-0.4, -0.2) is 11.1 Å². The van der Waals surface area contributed by atoms with Crippen LogP contribution in [0.2, 0.25) is 0 Å². The van der Waals surface area contributed by atoms with Gasteiger partial charge in [0, 0.05) is 23.1 Å². The number of rotatable bonds is 5. The van der Waals surface area contributed by atoms with Crippen molar-refractivity contribution in [3.05, 3.63) is 65.4 Å². The monoisotopic (exact) mass is 341 g/mol. The van der Waals surface area contributed by atoms with E-state index in [1.54, 1.807) is 12.1 Å². The van der Waals surface area contributed by atoms with Gasteiger partial charge in [0.25, 0.3) is 0 Å². The Kier molecular flexibility index (Phi) is 5.62. The summed E-state index contributed by atoms with van der Waals surface area (Å²) in [6, 6.07) is 18.4. The van der Waals surface area contributed by atoms with E-state index in [9.17, 15) is 0 Å². The van der Waals surface area contributed by atoms with Crippen molar-refractivity contribution < 1.29 is 0 Å². The van der Waals surface area contributed by atoms with Crippen LogP contribution in [0.25, 0.3) is 10.9 Å². The lowest BCUT2D eigenvalue weighted by molar-refractivity contribution is 0.787. The minimum absolute atomic E-state index is 0.568. The first kappa shape index (κ1) is 17.6. The van der Waals surface area contributed by atoms with Gasteiger partial charge in [-0.15, -0.1) is 0 Å². The zero-order valence-electron chi connectivity index (χ0n) is 15.3. The predicted octanol–water partition coefficient (Wildman–Crippen LogP) is 4.95. The minimum Gasteiger partial charge on any atom is -0.374 e. The standard InChI is InChI=1S/C23H23N3/c1-3-6-18-10-13-23-20(15-18)16-22(26(23)4-2)7-5-14-25-21-11-8-19(17-24)9-12-21/h8-13,15-16,25H,3-4,6,14H2,1-2H3. The number of aryl methyl sites for hydroxylation is 2. The van der Waals surface area contributed by atoms with Gasteiger partial charge >= 0.3 is 0 Å². The lowest BCUT2D eigenvalue weighted by Gasteiger charge is -2.04. The summed E-state index contributed by atoms with van der Waals surface area (Å²) < 4.78 is 2.26. The third kappa shape index (κ3) is 3.90. The molecular weight excluding hydrogens is 318 g/mol. The Balaban J connectivity index is 1.75. The van der Waals surface area contributed by atoms with E-state index in [2.05, 4.69) is 65.9 Å². The maximum absolute atomic E-state index is 8.83. The van der Waals surface area contributed by atoms with Crippen molar-refractivity contribution in [1.82, 2.24) is 4.57 Å². The molecule has 0 aliphatic heterocycles. The molecule has 1 N–H and O–H groups in total. The zero-order valence-corrected chi connectivity index (χ0v) is 15.3. The number of aromatic nitrogens is 1. The van der Waals surface area contributed by atoms with Crippen LogP contribution in [0.15, 0.2) is 48.5 Å². The van der Waals surface area contributed by atoms with E-state index >= 15 is 0 Å². The van der Waals surface area contributed by atoms with Gasteiger partial charge in [0.1, 0.15) is 0 Å². The van der Waals surface area contributed by atoms with E-state index in [1.807, 2.05) is 12.1 Å². The SMILES string of the molecule is CCCc1ccc2c(c1)cc(C#CCNc1ccc(C#N)cc1)n2CC. The second kappa shape index (κ2) is 8.28. The Bertz CT molecular complexity index is 992. The van der Waals surface area contributed by atoms with Crippen LogP contribution >= 0.6 is 0 Å². The van der Waals surface area contributed by atoms with Crippen molar-refractivity contribution in [1.29, 1.82) is 5.26 Å². The third-order valence-corrected chi connectivity index (χ3v) is 4.43. The summed E-state index contributed by atoms with van der Waals surface area (Å²) in [6.45, 7) is 5.83. The molecule has 0 bridgehead atoms. The molecule has 0 fully saturated rings. The highest BCUT2D eigenvalue weighted by molar-refractivity contribution is 5.83. The number of nitrogens with zero attached hydrogens (tertiary/aromatic N) is 2. The molecule has 3 rings (SSSR count). The predicted molar refractivity (Wildman–Crippen MR) is 108 cm³/mol. The average molecular weight is 341 g/mol. The largest absolute Gasteiger partial charge is 0.374 e. The van der Waals surface area contributed by atoms with Gasteiger partial charge in [-0.3, -0.25) is 0 Å². The summed E-state index contributed by atoms with van der Waals surface area (Å²) >= 11 is 0. The number of nitrogens with one attached hydrogen (secondary N) is 1. The van der Waals surface area contributed by atoms with Crippen LogP contribution in [-0.2, 0) is 13.0 Å². The van der Waals surface area contributed by atoms with Crippen LogP contribution in [0.3, 0.4) is 0 Å². The van der Waals surface area contributed by atoms with E-state index in [0.29, 0.717) is 12.1 Å². The molecule has 1 heterocycles. The topological polar surface area (TPSA) is 40.8 Å². The highest BCUT2D eigenvalue weighted by Gasteiger charge is 2.06. The maximum atomic E-state index is 8.83. The number of nitriles is 1. The second-order valence-corrected chi connectivity index (χ2v) is 6.26. The Labute approximate surface area is 155 Å². The van der Waals surface area contributed by atoms with Gasteiger partial charge < -0.3 is 9.88 Å². The van der Waals surface area contributed by atoms with E-state index < -0.39 is 0 Å². The Morgan fingerprint density at radius 1 is 1.04 bits per heavy atom. The van der Waals surface area contributed by atoms with Crippen LogP contribution in [0.1, 0.15) is 37.1 Å². The lowest BCUT2D eigenvalue weighted by atomic mass is 10.1. The Morgan fingerprint density at radius 2 is 1.85 bits per heavy atom. The quantitative estimate of drug-likeness (QED) is 0.667. The van der Waals surface area contributed by atoms with Gasteiger partial charge in [-0.2, -0.15) is 5.26 Å². The molecule has 1 aromatic heterocycles. The molecular formula is C23H23N3. The highest BCUT2D eigenvalue weighted by Crippen LogP contribution is 2.21. The van der Waals surface area contributed by atoms with Gasteiger partial charge in [0.15, 0.2) is 0 Å². The molecule has 26 heavy (non-hydrogen) atoms. The summed E-state index contributed by atoms with van der Waals surface area (Å²) in [7, 11) is 0. The van der Waals surface area contributed by atoms with E-state index in [0.717, 1.165) is 30.8 Å². The average Bonchev–Trinajstić information content (AvgIpc) is 3.02. The molecule has 130 valence electrons. The van der Waals surface area contributed by atoms with Gasteiger partial charge in [-0.05, 0) is 67.3 Å². The number of hydrogen-bond donors (Lipinski definition) is 1. The highest BCUT2D eigenvalue weighted by atomic mass is 15.0. The molecule has 0 saturated carbocycles. The van der Waals surface area contributed by atoms with Crippen molar-refractivity contribution in [2.75, 3.05) is 11.9 Å². The molecule has 2 aromatic carbocycles. The van der Waals surface area contributed by atoms with Gasteiger partial charge in [0.2, 0.25) is 0 Å². The molecule has 0 atom stereocenters. The fraction of sp³-hybridized carbons (Fsp3) is 0.261. The first-order valence-electron chi connectivity index (χ1n) is 9.10. The first-order valence-corrected chi connectivity index (χ1v) is 9.10. The van der Waals surface area contributed by atoms with E-state index in [1.165, 1.54) is 16.5 Å². The molecule has 0 radical (unpaired) electrons. The van der Waals surface area contributed by atoms with E-state index in [4.69, 9.17) is 5.26 Å². The summed E-state index contributed by atoms with van der Waals surface area (Å²) in [5, 5.41) is 13.4. The zero-order chi connectivity index (χ0) is 18.4. The Hall–Kier alpha value is -3.17. The summed E-state index contributed by atoms with van der Waals surface area (Å²) in [5.74, 6) is 6.50. The fourth-order valence-corrected chi connectivity index (χ4v) is 3.15. The van der Waals surface area contributed by atoms with Crippen LogP contribution in [0.4, 0.5) is 5.69 Å². The fourth-order valence-electron chi connectivity index (χ4n) is 3.15. The van der Waals surface area contributed by atoms with Crippen molar-refractivity contribution in [2.45, 2.75) is 33.2 Å². The third-order valence-electron chi connectivity index (χ3n) is 4.43. The summed E-state index contributed by atoms with van der Waals surface area (Å²) in [5.41, 5.74) is 5.32. The molecule has 0 unspecified atom stereocenters. The number of fused-ring (bicyclic) bond motifs is 1. The molecule has 0 amide bonds. The van der Waals surface area contributed by atoms with Gasteiger partial charge in [0.05, 0.1) is 23.9 Å². The van der Waals surface area contributed by atoms with Gasteiger partial charge in [-0.1, -0.05) is 25.3 Å². The summed E-state index contributed by atoms with van der Waals surface area (Å²) in [4.78, 5) is 0. The molecule has 0 aliphatic carbocycles. The minimum atomic E-state index is 0.568. The number of hydrogen-bond acceptors (Lipinski definition) is 2. The first-order chi connectivity index (χ1) is 12.7. The second-order valence-electron chi connectivity index (χ2n) is 6.26. The molecule has 0 saturated heterocycles. The molecule has 3 heteroatoms. The number of anilines is 1. The molecule has 0 aliphatic rings. The van der Waals surface area contributed by atoms with Crippen molar-refractivity contribution in [2.24, 2.45) is 0 Å². The van der Waals surface area contributed by atoms with E-state index in [-0.39, 0.29) is 0 Å².